The highest BCUT2D eigenvalue weighted by Crippen LogP contribution is 2.32. The smallest absolute Gasteiger partial charge is 0.398 e. The van der Waals surface area contributed by atoms with Gasteiger partial charge in [-0.1, -0.05) is 6.42 Å². The van der Waals surface area contributed by atoms with Gasteiger partial charge in [0.05, 0.1) is 11.1 Å². The van der Waals surface area contributed by atoms with Crippen LogP contribution < -0.4 is 5.73 Å². The number of hydrogen-bond acceptors (Lipinski definition) is 3. The average molecular weight is 327 g/mol. The summed E-state index contributed by atoms with van der Waals surface area (Å²) in [5.74, 6) is -0.404. The number of anilines is 1. The van der Waals surface area contributed by atoms with E-state index < -0.39 is 17.6 Å². The van der Waals surface area contributed by atoms with Crippen molar-refractivity contribution in [2.75, 3.05) is 31.9 Å². The maximum absolute atomic E-state index is 12.9. The van der Waals surface area contributed by atoms with E-state index in [9.17, 15) is 18.0 Å². The third-order valence-electron chi connectivity index (χ3n) is 4.74. The summed E-state index contributed by atoms with van der Waals surface area (Å²) in [4.78, 5) is 16.6. The van der Waals surface area contributed by atoms with Crippen LogP contribution in [0.3, 0.4) is 0 Å². The third-order valence-corrected chi connectivity index (χ3v) is 4.74. The molecule has 3 rings (SSSR count). The highest BCUT2D eigenvalue weighted by atomic mass is 19.4. The van der Waals surface area contributed by atoms with E-state index in [1.165, 1.54) is 6.42 Å². The summed E-state index contributed by atoms with van der Waals surface area (Å²) in [5, 5.41) is 0. The molecule has 2 heterocycles. The number of carbonyl (C=O) groups is 1. The SMILES string of the molecule is Nc1ccc(C(F)(F)F)cc1C(=O)N1CCN2CCCC[C@H]2C1. The van der Waals surface area contributed by atoms with Crippen molar-refractivity contribution in [3.8, 4) is 0 Å². The first-order valence-electron chi connectivity index (χ1n) is 7.86. The molecule has 2 saturated heterocycles. The minimum atomic E-state index is -4.48. The number of nitrogens with zero attached hydrogens (tertiary/aromatic N) is 2. The predicted octanol–water partition coefficient (Wildman–Crippen LogP) is 2.60. The van der Waals surface area contributed by atoms with E-state index in [-0.39, 0.29) is 11.3 Å². The third kappa shape index (κ3) is 3.29. The Hall–Kier alpha value is -1.76. The van der Waals surface area contributed by atoms with Crippen molar-refractivity contribution in [3.05, 3.63) is 29.3 Å². The molecule has 0 aromatic heterocycles. The Morgan fingerprint density at radius 2 is 1.96 bits per heavy atom. The van der Waals surface area contributed by atoms with Crippen molar-refractivity contribution in [1.82, 2.24) is 9.80 Å². The van der Waals surface area contributed by atoms with Gasteiger partial charge in [-0.3, -0.25) is 9.69 Å². The molecule has 126 valence electrons. The molecular formula is C16H20F3N3O. The van der Waals surface area contributed by atoms with Crippen LogP contribution in [0, 0.1) is 0 Å². The van der Waals surface area contributed by atoms with E-state index in [1.54, 1.807) is 4.90 Å². The maximum atomic E-state index is 12.9. The summed E-state index contributed by atoms with van der Waals surface area (Å²) in [6, 6.07) is 3.25. The largest absolute Gasteiger partial charge is 0.416 e. The molecule has 2 aliphatic heterocycles. The van der Waals surface area contributed by atoms with Gasteiger partial charge < -0.3 is 10.6 Å². The molecule has 0 saturated carbocycles. The zero-order valence-electron chi connectivity index (χ0n) is 12.8. The Morgan fingerprint density at radius 1 is 1.17 bits per heavy atom. The number of piperazine rings is 1. The second kappa shape index (κ2) is 6.03. The number of hydrogen-bond donors (Lipinski definition) is 1. The molecule has 0 radical (unpaired) electrons. The Morgan fingerprint density at radius 3 is 2.70 bits per heavy atom. The predicted molar refractivity (Wildman–Crippen MR) is 81.0 cm³/mol. The van der Waals surface area contributed by atoms with Gasteiger partial charge in [0.25, 0.3) is 5.91 Å². The molecule has 0 unspecified atom stereocenters. The van der Waals surface area contributed by atoms with Crippen LogP contribution in [-0.2, 0) is 6.18 Å². The van der Waals surface area contributed by atoms with Crippen LogP contribution in [-0.4, -0.2) is 47.9 Å². The van der Waals surface area contributed by atoms with Gasteiger partial charge in [-0.25, -0.2) is 0 Å². The van der Waals surface area contributed by atoms with Gasteiger partial charge in [-0.2, -0.15) is 13.2 Å². The first kappa shape index (κ1) is 16.1. The molecule has 4 nitrogen and oxygen atoms in total. The summed E-state index contributed by atoms with van der Waals surface area (Å²) >= 11 is 0. The minimum absolute atomic E-state index is 0.0518. The lowest BCUT2D eigenvalue weighted by atomic mass is 9.98. The molecule has 1 aromatic carbocycles. The average Bonchev–Trinajstić information content (AvgIpc) is 2.53. The van der Waals surface area contributed by atoms with Gasteiger partial charge in [0.2, 0.25) is 0 Å². The second-order valence-corrected chi connectivity index (χ2v) is 6.24. The number of carbonyl (C=O) groups excluding carboxylic acids is 1. The maximum Gasteiger partial charge on any atom is 0.416 e. The number of halogens is 3. The first-order chi connectivity index (χ1) is 10.9. The molecule has 1 amide bonds. The molecule has 1 atom stereocenters. The first-order valence-corrected chi connectivity index (χ1v) is 7.86. The van der Waals surface area contributed by atoms with E-state index in [0.29, 0.717) is 19.1 Å². The van der Waals surface area contributed by atoms with Crippen molar-refractivity contribution < 1.29 is 18.0 Å². The molecule has 0 bridgehead atoms. The number of amides is 1. The van der Waals surface area contributed by atoms with Crippen molar-refractivity contribution in [2.24, 2.45) is 0 Å². The lowest BCUT2D eigenvalue weighted by Crippen LogP contribution is -2.56. The van der Waals surface area contributed by atoms with Crippen molar-refractivity contribution >= 4 is 11.6 Å². The monoisotopic (exact) mass is 327 g/mol. The van der Waals surface area contributed by atoms with E-state index in [1.807, 2.05) is 0 Å². The molecule has 2 fully saturated rings. The van der Waals surface area contributed by atoms with E-state index in [0.717, 1.165) is 44.1 Å². The van der Waals surface area contributed by atoms with Gasteiger partial charge in [0.1, 0.15) is 0 Å². The highest BCUT2D eigenvalue weighted by molar-refractivity contribution is 5.99. The molecule has 7 heteroatoms. The highest BCUT2D eigenvalue weighted by Gasteiger charge is 2.34. The fourth-order valence-electron chi connectivity index (χ4n) is 3.43. The van der Waals surface area contributed by atoms with E-state index in [2.05, 4.69) is 4.90 Å². The Bertz CT molecular complexity index is 603. The van der Waals surface area contributed by atoms with Gasteiger partial charge in [-0.15, -0.1) is 0 Å². The van der Waals surface area contributed by atoms with Crippen LogP contribution in [0.4, 0.5) is 18.9 Å². The van der Waals surface area contributed by atoms with Gasteiger partial charge in [0.15, 0.2) is 0 Å². The molecule has 0 aliphatic carbocycles. The Balaban J connectivity index is 1.80. The number of benzene rings is 1. The topological polar surface area (TPSA) is 49.6 Å². The molecular weight excluding hydrogens is 307 g/mol. The number of rotatable bonds is 1. The van der Waals surface area contributed by atoms with E-state index >= 15 is 0 Å². The van der Waals surface area contributed by atoms with Crippen LogP contribution in [0.1, 0.15) is 35.2 Å². The normalized spacial score (nSPS) is 22.7. The van der Waals surface area contributed by atoms with Crippen LogP contribution in [0.15, 0.2) is 18.2 Å². The van der Waals surface area contributed by atoms with Gasteiger partial charge >= 0.3 is 6.18 Å². The van der Waals surface area contributed by atoms with Crippen LogP contribution in [0.5, 0.6) is 0 Å². The second-order valence-electron chi connectivity index (χ2n) is 6.24. The lowest BCUT2D eigenvalue weighted by Gasteiger charge is -2.44. The molecule has 2 N–H and O–H groups in total. The number of nitrogen functional groups attached to an aromatic ring is 1. The standard InChI is InChI=1S/C16H20F3N3O/c17-16(18,19)11-4-5-14(20)13(9-11)15(23)22-8-7-21-6-2-1-3-12(21)10-22/h4-5,9,12H,1-3,6-8,10,20H2/t12-/m0/s1. The fourth-order valence-corrected chi connectivity index (χ4v) is 3.43. The number of fused-ring (bicyclic) bond motifs is 1. The van der Waals surface area contributed by atoms with Crippen molar-refractivity contribution in [3.63, 3.8) is 0 Å². The number of nitrogens with two attached hydrogens (primary N) is 1. The fraction of sp³-hybridized carbons (Fsp3) is 0.562. The molecule has 1 aromatic rings. The number of alkyl halides is 3. The summed E-state index contributed by atoms with van der Waals surface area (Å²) in [6.45, 7) is 2.91. The summed E-state index contributed by atoms with van der Waals surface area (Å²) in [7, 11) is 0. The summed E-state index contributed by atoms with van der Waals surface area (Å²) in [5.41, 5.74) is 4.95. The Kier molecular flexibility index (Phi) is 4.23. The van der Waals surface area contributed by atoms with Gasteiger partial charge in [0, 0.05) is 31.4 Å². The van der Waals surface area contributed by atoms with Crippen LogP contribution in [0.2, 0.25) is 0 Å². The summed E-state index contributed by atoms with van der Waals surface area (Å²) < 4.78 is 38.6. The zero-order valence-corrected chi connectivity index (χ0v) is 12.8. The quantitative estimate of drug-likeness (QED) is 0.807. The molecule has 2 aliphatic rings. The Labute approximate surface area is 133 Å². The van der Waals surface area contributed by atoms with Crippen molar-refractivity contribution in [1.29, 1.82) is 0 Å². The van der Waals surface area contributed by atoms with Crippen LogP contribution >= 0.6 is 0 Å². The molecule has 23 heavy (non-hydrogen) atoms. The number of piperidine rings is 1. The lowest BCUT2D eigenvalue weighted by molar-refractivity contribution is -0.137. The molecule has 0 spiro atoms. The summed E-state index contributed by atoms with van der Waals surface area (Å²) in [6.07, 6.45) is -1.15. The van der Waals surface area contributed by atoms with Gasteiger partial charge in [-0.05, 0) is 37.6 Å². The van der Waals surface area contributed by atoms with Crippen molar-refractivity contribution in [2.45, 2.75) is 31.5 Å². The van der Waals surface area contributed by atoms with Crippen LogP contribution in [0.25, 0.3) is 0 Å². The van der Waals surface area contributed by atoms with E-state index in [4.69, 9.17) is 5.73 Å². The minimum Gasteiger partial charge on any atom is -0.398 e. The zero-order chi connectivity index (χ0) is 16.6.